The summed E-state index contributed by atoms with van der Waals surface area (Å²) in [4.78, 5) is 14.3. The van der Waals surface area contributed by atoms with Gasteiger partial charge in [0, 0.05) is 25.2 Å². The van der Waals surface area contributed by atoms with Crippen molar-refractivity contribution in [3.8, 4) is 0 Å². The number of hydrogen-bond donors (Lipinski definition) is 2. The number of amides is 2. The Bertz CT molecular complexity index is 258. The molecule has 0 atom stereocenters. The van der Waals surface area contributed by atoms with Crippen LogP contribution in [0.2, 0.25) is 0 Å². The summed E-state index contributed by atoms with van der Waals surface area (Å²) < 4.78 is 0. The fraction of sp³-hybridized carbons (Fsp3) is 0.929. The third kappa shape index (κ3) is 3.61. The molecule has 3 N–H and O–H groups in total. The van der Waals surface area contributed by atoms with Crippen LogP contribution in [0.3, 0.4) is 0 Å². The Morgan fingerprint density at radius 3 is 2.28 bits per heavy atom. The number of nitrogens with zero attached hydrogens (tertiary/aromatic N) is 1. The Balaban J connectivity index is 1.87. The summed E-state index contributed by atoms with van der Waals surface area (Å²) in [5, 5.41) is 3.19. The molecule has 18 heavy (non-hydrogen) atoms. The highest BCUT2D eigenvalue weighted by Gasteiger charge is 2.27. The molecule has 0 bridgehead atoms. The monoisotopic (exact) mass is 253 g/mol. The summed E-state index contributed by atoms with van der Waals surface area (Å²) >= 11 is 0. The molecule has 2 rings (SSSR count). The van der Waals surface area contributed by atoms with Crippen LogP contribution in [0.5, 0.6) is 0 Å². The standard InChI is InChI=1S/C14H27N3O/c15-10-11-17(13-8-2-1-3-9-13)14(18)16-12-6-4-5-7-12/h12-13H,1-11,15H2,(H,16,18). The first-order valence-electron chi connectivity index (χ1n) is 7.58. The van der Waals surface area contributed by atoms with Crippen molar-refractivity contribution in [2.75, 3.05) is 13.1 Å². The number of urea groups is 1. The van der Waals surface area contributed by atoms with Gasteiger partial charge in [0.05, 0.1) is 0 Å². The van der Waals surface area contributed by atoms with E-state index < -0.39 is 0 Å². The van der Waals surface area contributed by atoms with E-state index in [1.165, 1.54) is 32.1 Å². The average Bonchev–Trinajstić information content (AvgIpc) is 2.89. The minimum atomic E-state index is 0.124. The molecular weight excluding hydrogens is 226 g/mol. The Morgan fingerprint density at radius 2 is 1.67 bits per heavy atom. The van der Waals surface area contributed by atoms with E-state index in [0.717, 1.165) is 25.7 Å². The molecule has 0 heterocycles. The lowest BCUT2D eigenvalue weighted by Gasteiger charge is -2.35. The molecule has 0 saturated heterocycles. The lowest BCUT2D eigenvalue weighted by atomic mass is 9.94. The van der Waals surface area contributed by atoms with Crippen molar-refractivity contribution in [3.63, 3.8) is 0 Å². The minimum Gasteiger partial charge on any atom is -0.335 e. The van der Waals surface area contributed by atoms with Gasteiger partial charge < -0.3 is 16.0 Å². The van der Waals surface area contributed by atoms with Gasteiger partial charge in [-0.05, 0) is 25.7 Å². The van der Waals surface area contributed by atoms with E-state index >= 15 is 0 Å². The van der Waals surface area contributed by atoms with Gasteiger partial charge >= 0.3 is 6.03 Å². The van der Waals surface area contributed by atoms with Gasteiger partial charge in [0.1, 0.15) is 0 Å². The molecule has 0 unspecified atom stereocenters. The molecule has 2 saturated carbocycles. The highest BCUT2D eigenvalue weighted by Crippen LogP contribution is 2.23. The minimum absolute atomic E-state index is 0.124. The number of hydrogen-bond acceptors (Lipinski definition) is 2. The number of nitrogens with one attached hydrogen (secondary N) is 1. The quantitative estimate of drug-likeness (QED) is 0.807. The van der Waals surface area contributed by atoms with Gasteiger partial charge in [0.25, 0.3) is 0 Å². The summed E-state index contributed by atoms with van der Waals surface area (Å²) in [5.74, 6) is 0. The van der Waals surface area contributed by atoms with Crippen LogP contribution in [0.25, 0.3) is 0 Å². The first kappa shape index (κ1) is 13.7. The molecule has 2 amide bonds. The van der Waals surface area contributed by atoms with Gasteiger partial charge in [0.2, 0.25) is 0 Å². The molecule has 4 heteroatoms. The highest BCUT2D eigenvalue weighted by atomic mass is 16.2. The van der Waals surface area contributed by atoms with Crippen LogP contribution < -0.4 is 11.1 Å². The van der Waals surface area contributed by atoms with Gasteiger partial charge in [0.15, 0.2) is 0 Å². The molecule has 0 aromatic rings. The Morgan fingerprint density at radius 1 is 1.06 bits per heavy atom. The van der Waals surface area contributed by atoms with E-state index in [4.69, 9.17) is 5.73 Å². The maximum Gasteiger partial charge on any atom is 0.317 e. The molecule has 2 aliphatic carbocycles. The van der Waals surface area contributed by atoms with E-state index in [1.54, 1.807) is 0 Å². The van der Waals surface area contributed by atoms with E-state index in [9.17, 15) is 4.79 Å². The predicted molar refractivity (Wildman–Crippen MR) is 73.4 cm³/mol. The van der Waals surface area contributed by atoms with Crippen molar-refractivity contribution in [2.24, 2.45) is 5.73 Å². The fourth-order valence-corrected chi connectivity index (χ4v) is 3.31. The zero-order chi connectivity index (χ0) is 12.8. The number of carbonyl (C=O) groups is 1. The van der Waals surface area contributed by atoms with Crippen LogP contribution in [-0.2, 0) is 0 Å². The molecule has 2 fully saturated rings. The number of nitrogens with two attached hydrogens (primary N) is 1. The molecule has 4 nitrogen and oxygen atoms in total. The van der Waals surface area contributed by atoms with E-state index in [2.05, 4.69) is 5.32 Å². The molecule has 0 aliphatic heterocycles. The van der Waals surface area contributed by atoms with Gasteiger partial charge in [-0.1, -0.05) is 32.1 Å². The normalized spacial score (nSPS) is 22.1. The molecule has 0 spiro atoms. The Kier molecular flexibility index (Phi) is 5.29. The van der Waals surface area contributed by atoms with Gasteiger partial charge in [-0.3, -0.25) is 0 Å². The lowest BCUT2D eigenvalue weighted by Crippen LogP contribution is -2.51. The van der Waals surface area contributed by atoms with Crippen LogP contribution in [0.1, 0.15) is 57.8 Å². The molecule has 0 radical (unpaired) electrons. The molecule has 0 aromatic heterocycles. The van der Waals surface area contributed by atoms with Crippen molar-refractivity contribution < 1.29 is 4.79 Å². The maximum atomic E-state index is 12.3. The largest absolute Gasteiger partial charge is 0.335 e. The summed E-state index contributed by atoms with van der Waals surface area (Å²) in [6.45, 7) is 1.26. The number of carbonyl (C=O) groups excluding carboxylic acids is 1. The SMILES string of the molecule is NCCN(C(=O)NC1CCCC1)C1CCCCC1. The molecule has 2 aliphatic rings. The molecular formula is C14H27N3O. The summed E-state index contributed by atoms with van der Waals surface area (Å²) in [6, 6.07) is 0.948. The zero-order valence-electron chi connectivity index (χ0n) is 11.4. The topological polar surface area (TPSA) is 58.4 Å². The predicted octanol–water partition coefficient (Wildman–Crippen LogP) is 2.23. The summed E-state index contributed by atoms with van der Waals surface area (Å²) in [5.41, 5.74) is 5.66. The first-order valence-corrected chi connectivity index (χ1v) is 7.58. The van der Waals surface area contributed by atoms with Crippen molar-refractivity contribution in [1.82, 2.24) is 10.2 Å². The van der Waals surface area contributed by atoms with Crippen molar-refractivity contribution in [1.29, 1.82) is 0 Å². The van der Waals surface area contributed by atoms with Crippen LogP contribution in [-0.4, -0.2) is 36.1 Å². The van der Waals surface area contributed by atoms with Crippen LogP contribution in [0.4, 0.5) is 4.79 Å². The third-order valence-corrected chi connectivity index (χ3v) is 4.33. The molecule has 0 aromatic carbocycles. The fourth-order valence-electron chi connectivity index (χ4n) is 3.31. The van der Waals surface area contributed by atoms with Crippen LogP contribution in [0, 0.1) is 0 Å². The van der Waals surface area contributed by atoms with Crippen molar-refractivity contribution in [2.45, 2.75) is 69.9 Å². The van der Waals surface area contributed by atoms with Gasteiger partial charge in [-0.25, -0.2) is 4.79 Å². The number of rotatable bonds is 4. The summed E-state index contributed by atoms with van der Waals surface area (Å²) in [6.07, 6.45) is 10.9. The first-order chi connectivity index (χ1) is 8.81. The van der Waals surface area contributed by atoms with Crippen LogP contribution >= 0.6 is 0 Å². The second-order valence-electron chi connectivity index (χ2n) is 5.70. The van der Waals surface area contributed by atoms with E-state index in [-0.39, 0.29) is 6.03 Å². The smallest absolute Gasteiger partial charge is 0.317 e. The maximum absolute atomic E-state index is 12.3. The lowest BCUT2D eigenvalue weighted by molar-refractivity contribution is 0.154. The second kappa shape index (κ2) is 6.98. The van der Waals surface area contributed by atoms with E-state index in [1.807, 2.05) is 4.90 Å². The Hall–Kier alpha value is -0.770. The average molecular weight is 253 g/mol. The molecule has 104 valence electrons. The summed E-state index contributed by atoms with van der Waals surface area (Å²) in [7, 11) is 0. The third-order valence-electron chi connectivity index (χ3n) is 4.33. The van der Waals surface area contributed by atoms with Crippen molar-refractivity contribution >= 4 is 6.03 Å². The van der Waals surface area contributed by atoms with Gasteiger partial charge in [-0.15, -0.1) is 0 Å². The Labute approximate surface area is 110 Å². The van der Waals surface area contributed by atoms with Crippen molar-refractivity contribution in [3.05, 3.63) is 0 Å². The van der Waals surface area contributed by atoms with Crippen LogP contribution in [0.15, 0.2) is 0 Å². The van der Waals surface area contributed by atoms with Gasteiger partial charge in [-0.2, -0.15) is 0 Å². The zero-order valence-corrected chi connectivity index (χ0v) is 11.4. The second-order valence-corrected chi connectivity index (χ2v) is 5.70. The highest BCUT2D eigenvalue weighted by molar-refractivity contribution is 5.75. The van der Waals surface area contributed by atoms with E-state index in [0.29, 0.717) is 25.2 Å².